The minimum absolute atomic E-state index is 0.155. The van der Waals surface area contributed by atoms with Gasteiger partial charge < -0.3 is 14.2 Å². The number of hydrogen-bond donors (Lipinski definition) is 0. The number of carbonyl (C=O) groups excluding carboxylic acids is 2. The van der Waals surface area contributed by atoms with Gasteiger partial charge in [0, 0.05) is 13.0 Å². The summed E-state index contributed by atoms with van der Waals surface area (Å²) in [5.74, 6) is 0.807. The van der Waals surface area contributed by atoms with Gasteiger partial charge in [0.25, 0.3) is 5.91 Å². The number of ether oxygens (including phenoxy) is 3. The number of benzene rings is 1. The van der Waals surface area contributed by atoms with Gasteiger partial charge in [-0.05, 0) is 37.1 Å². The zero-order valence-corrected chi connectivity index (χ0v) is 16.6. The molecule has 0 unspecified atom stereocenters. The van der Waals surface area contributed by atoms with Crippen molar-refractivity contribution in [1.82, 2.24) is 4.90 Å². The molecule has 0 saturated carbocycles. The molecule has 1 fully saturated rings. The van der Waals surface area contributed by atoms with Gasteiger partial charge in [0.15, 0.2) is 11.5 Å². The number of esters is 1. The van der Waals surface area contributed by atoms with E-state index in [1.807, 2.05) is 25.1 Å². The molecule has 0 aliphatic carbocycles. The van der Waals surface area contributed by atoms with Crippen molar-refractivity contribution in [2.75, 3.05) is 27.4 Å². The second-order valence-electron chi connectivity index (χ2n) is 5.36. The number of amides is 1. The third-order valence-electron chi connectivity index (χ3n) is 3.65. The van der Waals surface area contributed by atoms with Crippen LogP contribution in [0.1, 0.15) is 25.3 Å². The minimum Gasteiger partial charge on any atom is -0.493 e. The van der Waals surface area contributed by atoms with Crippen LogP contribution in [-0.2, 0) is 14.3 Å². The molecule has 1 heterocycles. The lowest BCUT2D eigenvalue weighted by atomic mass is 10.2. The highest BCUT2D eigenvalue weighted by Crippen LogP contribution is 2.34. The Kier molecular flexibility index (Phi) is 7.47. The maximum absolute atomic E-state index is 12.6. The van der Waals surface area contributed by atoms with Crippen molar-refractivity contribution < 1.29 is 23.8 Å². The van der Waals surface area contributed by atoms with Gasteiger partial charge in [-0.15, -0.1) is 0 Å². The first kappa shape index (κ1) is 20.3. The summed E-state index contributed by atoms with van der Waals surface area (Å²) in [6, 6.07) is 5.48. The lowest BCUT2D eigenvalue weighted by Crippen LogP contribution is -2.29. The first-order valence-electron chi connectivity index (χ1n) is 8.13. The van der Waals surface area contributed by atoms with Gasteiger partial charge in [-0.25, -0.2) is 0 Å². The molecule has 2 rings (SSSR count). The van der Waals surface area contributed by atoms with Crippen molar-refractivity contribution in [1.29, 1.82) is 0 Å². The molecule has 1 amide bonds. The van der Waals surface area contributed by atoms with Crippen LogP contribution in [0.4, 0.5) is 0 Å². The van der Waals surface area contributed by atoms with E-state index in [0.29, 0.717) is 40.3 Å². The predicted molar refractivity (Wildman–Crippen MR) is 105 cm³/mol. The van der Waals surface area contributed by atoms with Crippen molar-refractivity contribution in [2.45, 2.75) is 19.8 Å². The number of thiocarbonyl (C=S) groups is 1. The van der Waals surface area contributed by atoms with Gasteiger partial charge in [-0.1, -0.05) is 30.0 Å². The molecule has 0 atom stereocenters. The van der Waals surface area contributed by atoms with Gasteiger partial charge in [0.2, 0.25) is 0 Å². The number of carbonyl (C=O) groups is 2. The number of hydrogen-bond acceptors (Lipinski definition) is 7. The summed E-state index contributed by atoms with van der Waals surface area (Å²) in [6.45, 7) is 2.84. The van der Waals surface area contributed by atoms with E-state index in [4.69, 9.17) is 21.7 Å². The molecule has 1 aliphatic rings. The first-order chi connectivity index (χ1) is 12.5. The Morgan fingerprint density at radius 2 is 2.08 bits per heavy atom. The Morgan fingerprint density at radius 1 is 1.31 bits per heavy atom. The van der Waals surface area contributed by atoms with Gasteiger partial charge in [-0.3, -0.25) is 14.5 Å². The minimum atomic E-state index is -0.299. The molecule has 8 heteroatoms. The van der Waals surface area contributed by atoms with Crippen LogP contribution in [0.5, 0.6) is 11.5 Å². The van der Waals surface area contributed by atoms with Gasteiger partial charge in [0.05, 0.1) is 25.7 Å². The fourth-order valence-corrected chi connectivity index (χ4v) is 3.68. The van der Waals surface area contributed by atoms with Crippen molar-refractivity contribution in [3.63, 3.8) is 0 Å². The van der Waals surface area contributed by atoms with Crippen LogP contribution in [0.25, 0.3) is 6.08 Å². The number of methoxy groups -OCH3 is 2. The highest BCUT2D eigenvalue weighted by molar-refractivity contribution is 8.26. The zero-order chi connectivity index (χ0) is 19.1. The Balaban J connectivity index is 2.10. The zero-order valence-electron chi connectivity index (χ0n) is 14.9. The third-order valence-corrected chi connectivity index (χ3v) is 5.03. The van der Waals surface area contributed by atoms with Crippen LogP contribution in [0.3, 0.4) is 0 Å². The van der Waals surface area contributed by atoms with Crippen LogP contribution in [0, 0.1) is 0 Å². The van der Waals surface area contributed by atoms with E-state index in [1.54, 1.807) is 13.2 Å². The maximum atomic E-state index is 12.6. The maximum Gasteiger partial charge on any atom is 0.305 e. The van der Waals surface area contributed by atoms with E-state index in [2.05, 4.69) is 4.74 Å². The monoisotopic (exact) mass is 395 g/mol. The van der Waals surface area contributed by atoms with E-state index in [0.717, 1.165) is 5.56 Å². The molecule has 1 saturated heterocycles. The fraction of sp³-hybridized carbons (Fsp3) is 0.389. The summed E-state index contributed by atoms with van der Waals surface area (Å²) in [6.07, 6.45) is 2.53. The standard InChI is InChI=1S/C18H21NO5S2/c1-4-24-13-8-7-12(10-14(13)22-2)11-15-17(21)19(18(25)26-15)9-5-6-16(20)23-3/h7-8,10-11H,4-6,9H2,1-3H3/b15-11-. The summed E-state index contributed by atoms with van der Waals surface area (Å²) in [5, 5.41) is 0. The molecule has 1 aliphatic heterocycles. The van der Waals surface area contributed by atoms with E-state index < -0.39 is 0 Å². The van der Waals surface area contributed by atoms with Crippen LogP contribution >= 0.6 is 24.0 Å². The lowest BCUT2D eigenvalue weighted by Gasteiger charge is -2.13. The predicted octanol–water partition coefficient (Wildman–Crippen LogP) is 3.25. The van der Waals surface area contributed by atoms with Crippen LogP contribution in [0.15, 0.2) is 23.1 Å². The highest BCUT2D eigenvalue weighted by Gasteiger charge is 2.31. The summed E-state index contributed by atoms with van der Waals surface area (Å²) in [4.78, 5) is 25.8. The van der Waals surface area contributed by atoms with Crippen molar-refractivity contribution >= 4 is 46.3 Å². The number of rotatable bonds is 8. The highest BCUT2D eigenvalue weighted by atomic mass is 32.2. The molecule has 1 aromatic carbocycles. The molecule has 0 aromatic heterocycles. The second kappa shape index (κ2) is 9.59. The summed E-state index contributed by atoms with van der Waals surface area (Å²) in [5.41, 5.74) is 0.820. The Hall–Kier alpha value is -2.06. The first-order valence-corrected chi connectivity index (χ1v) is 9.35. The summed E-state index contributed by atoms with van der Waals surface area (Å²) < 4.78 is 15.9. The van der Waals surface area contributed by atoms with Crippen LogP contribution < -0.4 is 9.47 Å². The smallest absolute Gasteiger partial charge is 0.305 e. The molecule has 0 spiro atoms. The van der Waals surface area contributed by atoms with E-state index in [-0.39, 0.29) is 18.3 Å². The van der Waals surface area contributed by atoms with Gasteiger partial charge >= 0.3 is 5.97 Å². The quantitative estimate of drug-likeness (QED) is 0.380. The molecule has 1 aromatic rings. The average Bonchev–Trinajstić information content (AvgIpc) is 2.90. The number of thioether (sulfide) groups is 1. The van der Waals surface area contributed by atoms with Crippen molar-refractivity contribution in [3.05, 3.63) is 28.7 Å². The van der Waals surface area contributed by atoms with E-state index >= 15 is 0 Å². The molecule has 140 valence electrons. The topological polar surface area (TPSA) is 65.1 Å². The average molecular weight is 396 g/mol. The molecule has 6 nitrogen and oxygen atoms in total. The second-order valence-corrected chi connectivity index (χ2v) is 7.03. The third kappa shape index (κ3) is 4.98. The largest absolute Gasteiger partial charge is 0.493 e. The normalized spacial score (nSPS) is 15.5. The van der Waals surface area contributed by atoms with Crippen LogP contribution in [0.2, 0.25) is 0 Å². The Morgan fingerprint density at radius 3 is 2.73 bits per heavy atom. The summed E-state index contributed by atoms with van der Waals surface area (Å²) in [7, 11) is 2.91. The molecular formula is C18H21NO5S2. The fourth-order valence-electron chi connectivity index (χ4n) is 2.38. The van der Waals surface area contributed by atoms with Crippen molar-refractivity contribution in [2.24, 2.45) is 0 Å². The van der Waals surface area contributed by atoms with Crippen LogP contribution in [-0.4, -0.2) is 48.5 Å². The Labute approximate surface area is 162 Å². The SMILES string of the molecule is CCOc1ccc(/C=C2\SC(=S)N(CCCC(=O)OC)C2=O)cc1OC. The lowest BCUT2D eigenvalue weighted by molar-refractivity contribution is -0.141. The molecular weight excluding hydrogens is 374 g/mol. The molecule has 0 bridgehead atoms. The van der Waals surface area contributed by atoms with Gasteiger partial charge in [0.1, 0.15) is 4.32 Å². The number of nitrogens with zero attached hydrogens (tertiary/aromatic N) is 1. The molecule has 0 N–H and O–H groups in total. The summed E-state index contributed by atoms with van der Waals surface area (Å²) >= 11 is 6.54. The Bertz CT molecular complexity index is 732. The van der Waals surface area contributed by atoms with E-state index in [1.165, 1.54) is 23.8 Å². The van der Waals surface area contributed by atoms with E-state index in [9.17, 15) is 9.59 Å². The molecule has 26 heavy (non-hydrogen) atoms. The van der Waals surface area contributed by atoms with Crippen molar-refractivity contribution in [3.8, 4) is 11.5 Å². The molecule has 0 radical (unpaired) electrons. The van der Waals surface area contributed by atoms with Gasteiger partial charge in [-0.2, -0.15) is 0 Å².